The topological polar surface area (TPSA) is 6.48 Å². The lowest BCUT2D eigenvalue weighted by Gasteiger charge is -2.30. The molecule has 7 rings (SSSR count). The summed E-state index contributed by atoms with van der Waals surface area (Å²) in [7, 11) is 2.11. The van der Waals surface area contributed by atoms with Gasteiger partial charge in [-0.25, -0.2) is 0 Å². The smallest absolute Gasteiger partial charge is 0.0490 e. The third kappa shape index (κ3) is 9.51. The number of anilines is 4. The highest BCUT2D eigenvalue weighted by Crippen LogP contribution is 2.35. The van der Waals surface area contributed by atoms with Gasteiger partial charge in [0.25, 0.3) is 0 Å². The molecule has 0 radical (unpaired) electrons. The average molecular weight is 655 g/mol. The molecule has 0 N–H and O–H groups in total. The van der Waals surface area contributed by atoms with E-state index in [0.717, 1.165) is 19.4 Å². The average Bonchev–Trinajstić information content (AvgIpc) is 3.21. The lowest BCUT2D eigenvalue weighted by atomic mass is 9.98. The SMILES string of the molecule is CC.CC/C=C\c1ccccc1.CN(c1ccccc1)c1ccc(-c2ccc(N(CC3C=CC=CC3)c3cccc4ccccc34)cc2)cc1. The van der Waals surface area contributed by atoms with E-state index in [-0.39, 0.29) is 0 Å². The summed E-state index contributed by atoms with van der Waals surface area (Å²) in [5, 5.41) is 2.55. The van der Waals surface area contributed by atoms with Crippen LogP contribution in [0.5, 0.6) is 0 Å². The molecule has 6 aromatic rings. The van der Waals surface area contributed by atoms with E-state index in [4.69, 9.17) is 0 Å². The first-order chi connectivity index (χ1) is 24.7. The summed E-state index contributed by atoms with van der Waals surface area (Å²) >= 11 is 0. The van der Waals surface area contributed by atoms with Gasteiger partial charge in [0.1, 0.15) is 0 Å². The van der Waals surface area contributed by atoms with Gasteiger partial charge in [0.15, 0.2) is 0 Å². The van der Waals surface area contributed by atoms with Gasteiger partial charge < -0.3 is 9.80 Å². The van der Waals surface area contributed by atoms with Gasteiger partial charge in [-0.05, 0) is 83.3 Å². The molecule has 6 aromatic carbocycles. The lowest BCUT2D eigenvalue weighted by Crippen LogP contribution is -2.24. The minimum Gasteiger partial charge on any atom is -0.345 e. The molecule has 2 nitrogen and oxygen atoms in total. The quantitative estimate of drug-likeness (QED) is 0.153. The maximum Gasteiger partial charge on any atom is 0.0490 e. The summed E-state index contributed by atoms with van der Waals surface area (Å²) < 4.78 is 0. The van der Waals surface area contributed by atoms with E-state index >= 15 is 0 Å². The van der Waals surface area contributed by atoms with Gasteiger partial charge in [-0.1, -0.05) is 166 Å². The minimum absolute atomic E-state index is 0.479. The van der Waals surface area contributed by atoms with E-state index in [1.54, 1.807) is 0 Å². The molecule has 2 heteroatoms. The molecule has 0 amide bonds. The van der Waals surface area contributed by atoms with Crippen LogP contribution in [0.15, 0.2) is 182 Å². The van der Waals surface area contributed by atoms with Gasteiger partial charge in [0.2, 0.25) is 0 Å². The first-order valence-corrected chi connectivity index (χ1v) is 18.0. The van der Waals surface area contributed by atoms with Crippen LogP contribution in [0.25, 0.3) is 28.0 Å². The van der Waals surface area contributed by atoms with Crippen LogP contribution >= 0.6 is 0 Å². The molecule has 0 heterocycles. The molecule has 0 saturated heterocycles. The van der Waals surface area contributed by atoms with Crippen LogP contribution in [0.1, 0.15) is 39.2 Å². The zero-order valence-electron chi connectivity index (χ0n) is 30.0. The zero-order chi connectivity index (χ0) is 35.0. The highest BCUT2D eigenvalue weighted by Gasteiger charge is 2.17. The number of allylic oxidation sites excluding steroid dienone is 4. The van der Waals surface area contributed by atoms with Crippen LogP contribution in [-0.4, -0.2) is 13.6 Å². The molecule has 0 fully saturated rings. The van der Waals surface area contributed by atoms with Crippen LogP contribution < -0.4 is 9.80 Å². The highest BCUT2D eigenvalue weighted by molar-refractivity contribution is 5.96. The molecular formula is C48H50N2. The summed E-state index contributed by atoms with van der Waals surface area (Å²) in [6, 6.07) is 54.0. The van der Waals surface area contributed by atoms with E-state index in [2.05, 4.69) is 206 Å². The number of nitrogens with zero attached hydrogens (tertiary/aromatic N) is 2. The van der Waals surface area contributed by atoms with Gasteiger partial charge in [0.05, 0.1) is 0 Å². The number of fused-ring (bicyclic) bond motifs is 1. The Labute approximate surface area is 300 Å². The molecule has 50 heavy (non-hydrogen) atoms. The van der Waals surface area contributed by atoms with Crippen molar-refractivity contribution in [2.75, 3.05) is 23.4 Å². The standard InChI is InChI=1S/C36H32N2.C10H12.C2H6/c1-37(32-15-6-3-7-16-32)33-23-19-29(20-24-33)30-21-25-34(26-22-30)38(27-28-11-4-2-5-12-28)36-18-10-14-31-13-8-9-17-35(31)36;1-2-3-7-10-8-5-4-6-9-10;1-2/h2-11,13-26,28H,12,27H2,1H3;3-9H,2H2,1H3;1-2H3/b;7-3-;. The van der Waals surface area contributed by atoms with Crippen molar-refractivity contribution in [3.8, 4) is 11.1 Å². The minimum atomic E-state index is 0.479. The Morgan fingerprint density at radius 1 is 0.600 bits per heavy atom. The second-order valence-electron chi connectivity index (χ2n) is 12.1. The Morgan fingerprint density at radius 2 is 1.18 bits per heavy atom. The Kier molecular flexibility index (Phi) is 13.4. The highest BCUT2D eigenvalue weighted by atomic mass is 15.1. The van der Waals surface area contributed by atoms with Crippen molar-refractivity contribution in [2.24, 2.45) is 5.92 Å². The summed E-state index contributed by atoms with van der Waals surface area (Å²) in [6.45, 7) is 7.08. The van der Waals surface area contributed by atoms with Crippen molar-refractivity contribution in [3.63, 3.8) is 0 Å². The fourth-order valence-corrected chi connectivity index (χ4v) is 6.12. The van der Waals surface area contributed by atoms with Crippen molar-refractivity contribution >= 4 is 39.6 Å². The van der Waals surface area contributed by atoms with Crippen LogP contribution in [0.3, 0.4) is 0 Å². The third-order valence-corrected chi connectivity index (χ3v) is 8.80. The lowest BCUT2D eigenvalue weighted by molar-refractivity contribution is 0.658. The molecule has 1 unspecified atom stereocenters. The molecule has 252 valence electrons. The Balaban J connectivity index is 0.000000347. The Hall–Kier alpha value is -5.60. The molecule has 0 spiro atoms. The number of para-hydroxylation sites is 1. The monoisotopic (exact) mass is 654 g/mol. The largest absolute Gasteiger partial charge is 0.345 e. The summed E-state index contributed by atoms with van der Waals surface area (Å²) in [4.78, 5) is 4.70. The molecule has 0 aromatic heterocycles. The van der Waals surface area contributed by atoms with E-state index in [9.17, 15) is 0 Å². The zero-order valence-corrected chi connectivity index (χ0v) is 30.0. The Morgan fingerprint density at radius 3 is 1.82 bits per heavy atom. The maximum atomic E-state index is 2.48. The first kappa shape index (κ1) is 35.7. The predicted octanol–water partition coefficient (Wildman–Crippen LogP) is 13.7. The molecule has 0 bridgehead atoms. The second-order valence-corrected chi connectivity index (χ2v) is 12.1. The summed E-state index contributed by atoms with van der Waals surface area (Å²) in [5.41, 5.74) is 8.56. The van der Waals surface area contributed by atoms with Gasteiger partial charge in [0, 0.05) is 41.7 Å². The van der Waals surface area contributed by atoms with Crippen molar-refractivity contribution in [2.45, 2.75) is 33.6 Å². The normalized spacial score (nSPS) is 13.2. The summed E-state index contributed by atoms with van der Waals surface area (Å²) in [5.74, 6) is 0.479. The van der Waals surface area contributed by atoms with Crippen LogP contribution in [-0.2, 0) is 0 Å². The van der Waals surface area contributed by atoms with Gasteiger partial charge >= 0.3 is 0 Å². The van der Waals surface area contributed by atoms with Gasteiger partial charge in [-0.15, -0.1) is 0 Å². The van der Waals surface area contributed by atoms with Crippen molar-refractivity contribution in [1.29, 1.82) is 0 Å². The summed E-state index contributed by atoms with van der Waals surface area (Å²) in [6.07, 6.45) is 15.4. The van der Waals surface area contributed by atoms with E-state index in [0.29, 0.717) is 5.92 Å². The van der Waals surface area contributed by atoms with Crippen LogP contribution in [0, 0.1) is 5.92 Å². The van der Waals surface area contributed by atoms with E-state index < -0.39 is 0 Å². The molecule has 1 aliphatic rings. The van der Waals surface area contributed by atoms with Gasteiger partial charge in [-0.3, -0.25) is 0 Å². The van der Waals surface area contributed by atoms with Crippen LogP contribution in [0.2, 0.25) is 0 Å². The van der Waals surface area contributed by atoms with E-state index in [1.807, 2.05) is 19.9 Å². The molecular weight excluding hydrogens is 605 g/mol. The first-order valence-electron chi connectivity index (χ1n) is 18.0. The number of benzene rings is 6. The van der Waals surface area contributed by atoms with Crippen molar-refractivity contribution in [3.05, 3.63) is 188 Å². The van der Waals surface area contributed by atoms with Crippen molar-refractivity contribution in [1.82, 2.24) is 0 Å². The van der Waals surface area contributed by atoms with E-state index in [1.165, 1.54) is 50.2 Å². The molecule has 1 aliphatic carbocycles. The predicted molar refractivity (Wildman–Crippen MR) is 221 cm³/mol. The van der Waals surface area contributed by atoms with Crippen LogP contribution in [0.4, 0.5) is 22.7 Å². The number of hydrogen-bond donors (Lipinski definition) is 0. The third-order valence-electron chi connectivity index (χ3n) is 8.80. The second kappa shape index (κ2) is 18.8. The molecule has 1 atom stereocenters. The number of hydrogen-bond acceptors (Lipinski definition) is 2. The van der Waals surface area contributed by atoms with Gasteiger partial charge in [-0.2, -0.15) is 0 Å². The molecule has 0 saturated carbocycles. The fourth-order valence-electron chi connectivity index (χ4n) is 6.12. The number of rotatable bonds is 9. The Bertz CT molecular complexity index is 1950. The fraction of sp³-hybridized carbons (Fsp3) is 0.167. The molecule has 0 aliphatic heterocycles. The van der Waals surface area contributed by atoms with Crippen molar-refractivity contribution < 1.29 is 0 Å². The maximum absolute atomic E-state index is 2.48.